The second kappa shape index (κ2) is 5.63. The third-order valence-electron chi connectivity index (χ3n) is 1.94. The van der Waals surface area contributed by atoms with Gasteiger partial charge in [0, 0.05) is 12.1 Å². The van der Waals surface area contributed by atoms with Crippen molar-refractivity contribution < 1.29 is 12.8 Å². The largest absolute Gasteiger partial charge is 0.407 e. The van der Waals surface area contributed by atoms with Crippen molar-refractivity contribution in [3.63, 3.8) is 0 Å². The predicted molar refractivity (Wildman–Crippen MR) is 67.6 cm³/mol. The summed E-state index contributed by atoms with van der Waals surface area (Å²) < 4.78 is 30.1. The van der Waals surface area contributed by atoms with E-state index in [1.54, 1.807) is 20.9 Å². The Morgan fingerprint density at radius 2 is 2.00 bits per heavy atom. The molecule has 0 aliphatic rings. The van der Waals surface area contributed by atoms with Crippen LogP contribution in [0.5, 0.6) is 0 Å². The molecule has 1 aromatic rings. The van der Waals surface area contributed by atoms with Crippen molar-refractivity contribution in [1.82, 2.24) is 20.2 Å². The van der Waals surface area contributed by atoms with Crippen LogP contribution < -0.4 is 15.4 Å². The first-order valence-corrected chi connectivity index (χ1v) is 7.31. The highest BCUT2D eigenvalue weighted by Crippen LogP contribution is 2.09. The lowest BCUT2D eigenvalue weighted by atomic mass is 10.1. The average Bonchev–Trinajstić information content (AvgIpc) is 2.60. The monoisotopic (exact) mass is 277 g/mol. The molecule has 104 valence electrons. The van der Waals surface area contributed by atoms with Gasteiger partial charge in [0.1, 0.15) is 0 Å². The summed E-state index contributed by atoms with van der Waals surface area (Å²) in [7, 11) is -1.48. The van der Waals surface area contributed by atoms with Crippen LogP contribution in [-0.2, 0) is 16.6 Å². The third kappa shape index (κ3) is 5.43. The molecule has 0 aliphatic heterocycles. The van der Waals surface area contributed by atoms with Gasteiger partial charge in [-0.3, -0.25) is 0 Å². The van der Waals surface area contributed by atoms with Gasteiger partial charge in [0.15, 0.2) is 0 Å². The molecule has 0 radical (unpaired) electrons. The maximum Gasteiger partial charge on any atom is 0.315 e. The van der Waals surface area contributed by atoms with Crippen LogP contribution in [0.15, 0.2) is 4.42 Å². The Kier molecular flexibility index (Phi) is 4.65. The molecule has 1 heterocycles. The van der Waals surface area contributed by atoms with E-state index in [4.69, 9.17) is 4.42 Å². The van der Waals surface area contributed by atoms with Crippen LogP contribution in [0.1, 0.15) is 19.7 Å². The van der Waals surface area contributed by atoms with Gasteiger partial charge in [0.25, 0.3) is 0 Å². The fraction of sp³-hybridized carbons (Fsp3) is 0.778. The first-order chi connectivity index (χ1) is 8.22. The molecule has 0 amide bonds. The van der Waals surface area contributed by atoms with Gasteiger partial charge in [-0.1, -0.05) is 5.10 Å². The van der Waals surface area contributed by atoms with E-state index in [0.29, 0.717) is 19.0 Å². The van der Waals surface area contributed by atoms with Crippen molar-refractivity contribution in [3.05, 3.63) is 5.89 Å². The Morgan fingerprint density at radius 3 is 2.56 bits per heavy atom. The molecule has 8 nitrogen and oxygen atoms in total. The highest BCUT2D eigenvalue weighted by atomic mass is 32.2. The van der Waals surface area contributed by atoms with E-state index in [2.05, 4.69) is 25.6 Å². The van der Waals surface area contributed by atoms with E-state index in [0.717, 1.165) is 6.26 Å². The number of hydrogen-bond donors (Lipinski definition) is 3. The molecule has 0 saturated carbocycles. The van der Waals surface area contributed by atoms with Crippen LogP contribution in [-0.4, -0.2) is 44.0 Å². The normalized spacial score (nSPS) is 12.7. The van der Waals surface area contributed by atoms with E-state index in [1.165, 1.54) is 0 Å². The molecular formula is C9H19N5O3S. The standard InChI is InChI=1S/C9H19N5O3S/c1-9(2,14-18(4,15)16)6-11-8-13-12-7(17-8)5-10-3/h10,14H,5-6H2,1-4H3,(H,11,13). The smallest absolute Gasteiger partial charge is 0.315 e. The summed E-state index contributed by atoms with van der Waals surface area (Å²) in [4.78, 5) is 0. The van der Waals surface area contributed by atoms with Crippen LogP contribution >= 0.6 is 0 Å². The Labute approximate surface area is 107 Å². The molecule has 0 fully saturated rings. The summed E-state index contributed by atoms with van der Waals surface area (Å²) in [6.45, 7) is 4.33. The van der Waals surface area contributed by atoms with Crippen LogP contribution in [0.4, 0.5) is 6.01 Å². The topological polar surface area (TPSA) is 109 Å². The van der Waals surface area contributed by atoms with E-state index in [1.807, 2.05) is 0 Å². The van der Waals surface area contributed by atoms with E-state index in [9.17, 15) is 8.42 Å². The van der Waals surface area contributed by atoms with Gasteiger partial charge in [-0.25, -0.2) is 13.1 Å². The Balaban J connectivity index is 2.53. The zero-order valence-corrected chi connectivity index (χ0v) is 11.8. The summed E-state index contributed by atoms with van der Waals surface area (Å²) in [5.41, 5.74) is -0.648. The van der Waals surface area contributed by atoms with Gasteiger partial charge in [0.2, 0.25) is 15.9 Å². The van der Waals surface area contributed by atoms with Crippen molar-refractivity contribution in [1.29, 1.82) is 0 Å². The molecule has 18 heavy (non-hydrogen) atoms. The summed E-state index contributed by atoms with van der Waals surface area (Å²) in [5.74, 6) is 0.467. The number of sulfonamides is 1. The minimum atomic E-state index is -3.26. The Hall–Kier alpha value is -1.19. The minimum Gasteiger partial charge on any atom is -0.407 e. The Bertz CT molecular complexity index is 482. The van der Waals surface area contributed by atoms with Gasteiger partial charge < -0.3 is 15.1 Å². The van der Waals surface area contributed by atoms with Crippen molar-refractivity contribution in [3.8, 4) is 0 Å². The highest BCUT2D eigenvalue weighted by Gasteiger charge is 2.22. The lowest BCUT2D eigenvalue weighted by molar-refractivity contribution is 0.456. The minimum absolute atomic E-state index is 0.267. The molecule has 0 bridgehead atoms. The van der Waals surface area contributed by atoms with Gasteiger partial charge in [0.05, 0.1) is 12.8 Å². The maximum absolute atomic E-state index is 11.1. The van der Waals surface area contributed by atoms with Crippen LogP contribution in [0.3, 0.4) is 0 Å². The molecular weight excluding hydrogens is 258 g/mol. The van der Waals surface area contributed by atoms with E-state index < -0.39 is 15.6 Å². The fourth-order valence-electron chi connectivity index (χ4n) is 1.38. The van der Waals surface area contributed by atoms with Crippen molar-refractivity contribution in [2.75, 3.05) is 25.2 Å². The predicted octanol–water partition coefficient (Wildman–Crippen LogP) is -0.471. The quantitative estimate of drug-likeness (QED) is 0.618. The van der Waals surface area contributed by atoms with Crippen molar-refractivity contribution in [2.24, 2.45) is 0 Å². The molecule has 3 N–H and O–H groups in total. The first-order valence-electron chi connectivity index (χ1n) is 5.42. The molecule has 9 heteroatoms. The molecule has 0 aliphatic carbocycles. The van der Waals surface area contributed by atoms with Gasteiger partial charge in [-0.05, 0) is 20.9 Å². The molecule has 0 aromatic carbocycles. The van der Waals surface area contributed by atoms with Crippen molar-refractivity contribution >= 4 is 16.0 Å². The summed E-state index contributed by atoms with van der Waals surface area (Å²) in [5, 5.41) is 13.4. The molecule has 1 aromatic heterocycles. The molecule has 0 spiro atoms. The van der Waals surface area contributed by atoms with Crippen LogP contribution in [0.25, 0.3) is 0 Å². The fourth-order valence-corrected chi connectivity index (χ4v) is 2.46. The molecule has 1 rings (SSSR count). The molecule has 0 unspecified atom stereocenters. The first kappa shape index (κ1) is 14.9. The van der Waals surface area contributed by atoms with Gasteiger partial charge in [-0.15, -0.1) is 5.10 Å². The lowest BCUT2D eigenvalue weighted by Crippen LogP contribution is -2.47. The third-order valence-corrected chi connectivity index (χ3v) is 2.86. The maximum atomic E-state index is 11.1. The van der Waals surface area contributed by atoms with E-state index >= 15 is 0 Å². The zero-order chi connectivity index (χ0) is 13.8. The number of rotatable bonds is 7. The zero-order valence-electron chi connectivity index (χ0n) is 10.9. The number of aromatic nitrogens is 2. The molecule has 0 atom stereocenters. The number of nitrogens with one attached hydrogen (secondary N) is 3. The lowest BCUT2D eigenvalue weighted by Gasteiger charge is -2.24. The summed E-state index contributed by atoms with van der Waals surface area (Å²) >= 11 is 0. The second-order valence-electron chi connectivity index (χ2n) is 4.64. The second-order valence-corrected chi connectivity index (χ2v) is 6.39. The number of anilines is 1. The Morgan fingerprint density at radius 1 is 1.33 bits per heavy atom. The number of nitrogens with zero attached hydrogens (tertiary/aromatic N) is 2. The molecule has 0 saturated heterocycles. The summed E-state index contributed by atoms with van der Waals surface area (Å²) in [6.07, 6.45) is 1.12. The number of hydrogen-bond acceptors (Lipinski definition) is 7. The van der Waals surface area contributed by atoms with Crippen LogP contribution in [0, 0.1) is 0 Å². The van der Waals surface area contributed by atoms with Gasteiger partial charge >= 0.3 is 6.01 Å². The average molecular weight is 277 g/mol. The van der Waals surface area contributed by atoms with Crippen molar-refractivity contribution in [2.45, 2.75) is 25.9 Å². The summed E-state index contributed by atoms with van der Waals surface area (Å²) in [6, 6.07) is 0.267. The highest BCUT2D eigenvalue weighted by molar-refractivity contribution is 7.88. The van der Waals surface area contributed by atoms with E-state index in [-0.39, 0.29) is 6.01 Å². The van der Waals surface area contributed by atoms with Gasteiger partial charge in [-0.2, -0.15) is 0 Å². The SMILES string of the molecule is CNCc1nnc(NCC(C)(C)NS(C)(=O)=O)o1. The van der Waals surface area contributed by atoms with Crippen LogP contribution in [0.2, 0.25) is 0 Å².